The molecular formula is C14H14F2N2O. The van der Waals surface area contributed by atoms with E-state index in [9.17, 15) is 8.78 Å². The fourth-order valence-corrected chi connectivity index (χ4v) is 1.63. The molecule has 0 atom stereocenters. The maximum atomic E-state index is 12.0. The lowest BCUT2D eigenvalue weighted by Crippen LogP contribution is -2.13. The lowest BCUT2D eigenvalue weighted by molar-refractivity contribution is -0.0498. The summed E-state index contributed by atoms with van der Waals surface area (Å²) < 4.78 is 28.2. The smallest absolute Gasteiger partial charge is 0.387 e. The molecule has 0 aliphatic heterocycles. The van der Waals surface area contributed by atoms with Crippen molar-refractivity contribution in [2.75, 3.05) is 0 Å². The zero-order valence-corrected chi connectivity index (χ0v) is 10.2. The second-order valence-corrected chi connectivity index (χ2v) is 3.95. The van der Waals surface area contributed by atoms with Crippen LogP contribution in [0.2, 0.25) is 0 Å². The van der Waals surface area contributed by atoms with Crippen molar-refractivity contribution in [1.29, 1.82) is 0 Å². The number of halogens is 2. The number of ether oxygens (including phenoxy) is 1. The van der Waals surface area contributed by atoms with Gasteiger partial charge in [-0.2, -0.15) is 8.78 Å². The lowest BCUT2D eigenvalue weighted by atomic mass is 10.2. The van der Waals surface area contributed by atoms with Gasteiger partial charge in [-0.15, -0.1) is 0 Å². The van der Waals surface area contributed by atoms with Gasteiger partial charge in [0, 0.05) is 19.3 Å². The zero-order chi connectivity index (χ0) is 13.5. The Kier molecular flexibility index (Phi) is 4.80. The molecule has 0 amide bonds. The average Bonchev–Trinajstić information content (AvgIpc) is 2.41. The van der Waals surface area contributed by atoms with Gasteiger partial charge in [0.25, 0.3) is 0 Å². The fraction of sp³-hybridized carbons (Fsp3) is 0.214. The minimum atomic E-state index is -2.78. The molecule has 0 bridgehead atoms. The van der Waals surface area contributed by atoms with E-state index in [-0.39, 0.29) is 5.75 Å². The first kappa shape index (κ1) is 13.4. The molecule has 100 valence electrons. The van der Waals surface area contributed by atoms with Gasteiger partial charge in [0.05, 0.1) is 5.69 Å². The Morgan fingerprint density at radius 2 is 1.84 bits per heavy atom. The second kappa shape index (κ2) is 6.80. The van der Waals surface area contributed by atoms with E-state index >= 15 is 0 Å². The predicted octanol–water partition coefficient (Wildman–Crippen LogP) is 2.97. The quantitative estimate of drug-likeness (QED) is 0.871. The summed E-state index contributed by atoms with van der Waals surface area (Å²) in [5.74, 6) is 0.170. The number of hydrogen-bond donors (Lipinski definition) is 1. The molecule has 0 aliphatic carbocycles. The third-order valence-electron chi connectivity index (χ3n) is 2.51. The molecule has 0 saturated heterocycles. The van der Waals surface area contributed by atoms with Gasteiger partial charge >= 0.3 is 6.61 Å². The van der Waals surface area contributed by atoms with Crippen molar-refractivity contribution in [3.05, 3.63) is 59.9 Å². The number of aromatic nitrogens is 1. The van der Waals surface area contributed by atoms with Crippen molar-refractivity contribution in [3.63, 3.8) is 0 Å². The van der Waals surface area contributed by atoms with Gasteiger partial charge in [0.15, 0.2) is 0 Å². The van der Waals surface area contributed by atoms with E-state index in [0.717, 1.165) is 11.3 Å². The molecule has 2 rings (SSSR count). The molecule has 1 aromatic carbocycles. The maximum Gasteiger partial charge on any atom is 0.387 e. The fourth-order valence-electron chi connectivity index (χ4n) is 1.63. The molecule has 0 spiro atoms. The topological polar surface area (TPSA) is 34.1 Å². The Hall–Kier alpha value is -2.01. The number of rotatable bonds is 6. The van der Waals surface area contributed by atoms with Crippen LogP contribution in [-0.4, -0.2) is 11.6 Å². The number of nitrogens with zero attached hydrogens (tertiary/aromatic N) is 1. The minimum absolute atomic E-state index is 0.170. The van der Waals surface area contributed by atoms with Gasteiger partial charge in [-0.3, -0.25) is 4.98 Å². The third kappa shape index (κ3) is 4.63. The van der Waals surface area contributed by atoms with E-state index in [1.54, 1.807) is 18.3 Å². The molecule has 1 heterocycles. The molecule has 0 aliphatic rings. The van der Waals surface area contributed by atoms with Gasteiger partial charge in [0.2, 0.25) is 0 Å². The highest BCUT2D eigenvalue weighted by Crippen LogP contribution is 2.14. The standard InChI is InChI=1S/C14H14F2N2O/c15-14(16)19-13-6-4-11(5-7-13)9-17-10-12-3-1-2-8-18-12/h1-8,14,17H,9-10H2. The van der Waals surface area contributed by atoms with Crippen LogP contribution in [0.3, 0.4) is 0 Å². The van der Waals surface area contributed by atoms with E-state index < -0.39 is 6.61 Å². The van der Waals surface area contributed by atoms with Crippen LogP contribution >= 0.6 is 0 Å². The van der Waals surface area contributed by atoms with Crippen LogP contribution in [0.1, 0.15) is 11.3 Å². The van der Waals surface area contributed by atoms with Crippen LogP contribution < -0.4 is 10.1 Å². The first-order valence-electron chi connectivity index (χ1n) is 5.88. The first-order valence-corrected chi connectivity index (χ1v) is 5.88. The molecule has 0 fully saturated rings. The van der Waals surface area contributed by atoms with Crippen LogP contribution in [0, 0.1) is 0 Å². The van der Waals surface area contributed by atoms with E-state index in [4.69, 9.17) is 0 Å². The van der Waals surface area contributed by atoms with E-state index in [0.29, 0.717) is 13.1 Å². The Morgan fingerprint density at radius 3 is 2.47 bits per heavy atom. The van der Waals surface area contributed by atoms with Crippen LogP contribution in [0.4, 0.5) is 8.78 Å². The van der Waals surface area contributed by atoms with Crippen LogP contribution in [0.5, 0.6) is 5.75 Å². The summed E-state index contributed by atoms with van der Waals surface area (Å²) in [6, 6.07) is 12.3. The highest BCUT2D eigenvalue weighted by Gasteiger charge is 2.03. The predicted molar refractivity (Wildman–Crippen MR) is 67.9 cm³/mol. The highest BCUT2D eigenvalue weighted by molar-refractivity contribution is 5.27. The summed E-state index contributed by atoms with van der Waals surface area (Å²) in [7, 11) is 0. The molecule has 1 N–H and O–H groups in total. The van der Waals surface area contributed by atoms with Crippen molar-refractivity contribution in [3.8, 4) is 5.75 Å². The summed E-state index contributed by atoms with van der Waals surface area (Å²) in [6.07, 6.45) is 1.74. The average molecular weight is 264 g/mol. The molecule has 0 unspecified atom stereocenters. The van der Waals surface area contributed by atoms with Crippen LogP contribution in [-0.2, 0) is 13.1 Å². The molecule has 0 radical (unpaired) electrons. The number of alkyl halides is 2. The minimum Gasteiger partial charge on any atom is -0.435 e. The molecular weight excluding hydrogens is 250 g/mol. The number of benzene rings is 1. The number of pyridine rings is 1. The summed E-state index contributed by atoms with van der Waals surface area (Å²) >= 11 is 0. The molecule has 5 heteroatoms. The van der Waals surface area contributed by atoms with Crippen LogP contribution in [0.25, 0.3) is 0 Å². The molecule has 2 aromatic rings. The van der Waals surface area contributed by atoms with Crippen molar-refractivity contribution in [2.24, 2.45) is 0 Å². The second-order valence-electron chi connectivity index (χ2n) is 3.95. The molecule has 0 saturated carbocycles. The lowest BCUT2D eigenvalue weighted by Gasteiger charge is -2.07. The first-order chi connectivity index (χ1) is 9.24. The van der Waals surface area contributed by atoms with Crippen LogP contribution in [0.15, 0.2) is 48.7 Å². The van der Waals surface area contributed by atoms with Crippen molar-refractivity contribution >= 4 is 0 Å². The van der Waals surface area contributed by atoms with Gasteiger partial charge in [-0.25, -0.2) is 0 Å². The zero-order valence-electron chi connectivity index (χ0n) is 10.2. The summed E-state index contributed by atoms with van der Waals surface area (Å²) in [5, 5.41) is 3.23. The van der Waals surface area contributed by atoms with Gasteiger partial charge in [0.1, 0.15) is 5.75 Å². The maximum absolute atomic E-state index is 12.0. The van der Waals surface area contributed by atoms with E-state index in [1.165, 1.54) is 12.1 Å². The monoisotopic (exact) mass is 264 g/mol. The van der Waals surface area contributed by atoms with E-state index in [2.05, 4.69) is 15.0 Å². The normalized spacial score (nSPS) is 10.7. The van der Waals surface area contributed by atoms with Crippen molar-refractivity contribution < 1.29 is 13.5 Å². The SMILES string of the molecule is FC(F)Oc1ccc(CNCc2ccccn2)cc1. The molecule has 1 aromatic heterocycles. The molecule has 3 nitrogen and oxygen atoms in total. The Labute approximate surface area is 110 Å². The Bertz CT molecular complexity index is 489. The highest BCUT2D eigenvalue weighted by atomic mass is 19.3. The summed E-state index contributed by atoms with van der Waals surface area (Å²) in [4.78, 5) is 4.19. The number of nitrogens with one attached hydrogen (secondary N) is 1. The van der Waals surface area contributed by atoms with Gasteiger partial charge < -0.3 is 10.1 Å². The summed E-state index contributed by atoms with van der Waals surface area (Å²) in [5.41, 5.74) is 1.96. The van der Waals surface area contributed by atoms with Gasteiger partial charge in [-0.05, 0) is 29.8 Å². The number of hydrogen-bond acceptors (Lipinski definition) is 3. The Morgan fingerprint density at radius 1 is 1.05 bits per heavy atom. The molecule has 19 heavy (non-hydrogen) atoms. The van der Waals surface area contributed by atoms with Crippen molar-refractivity contribution in [2.45, 2.75) is 19.7 Å². The largest absolute Gasteiger partial charge is 0.435 e. The Balaban J connectivity index is 1.80. The van der Waals surface area contributed by atoms with Crippen molar-refractivity contribution in [1.82, 2.24) is 10.3 Å². The third-order valence-corrected chi connectivity index (χ3v) is 2.51. The summed E-state index contributed by atoms with van der Waals surface area (Å²) in [6.45, 7) is -1.48. The van der Waals surface area contributed by atoms with E-state index in [1.807, 2.05) is 18.2 Å². The van der Waals surface area contributed by atoms with Gasteiger partial charge in [-0.1, -0.05) is 18.2 Å².